The predicted molar refractivity (Wildman–Crippen MR) is 84.1 cm³/mol. The van der Waals surface area contributed by atoms with Gasteiger partial charge in [0, 0.05) is 0 Å². The third-order valence-corrected chi connectivity index (χ3v) is 3.50. The monoisotopic (exact) mass is 310 g/mol. The number of carbonyl (C=O) groups is 2. The highest BCUT2D eigenvalue weighted by molar-refractivity contribution is 6.21. The lowest BCUT2D eigenvalue weighted by molar-refractivity contribution is 0.0660. The molecule has 23 heavy (non-hydrogen) atoms. The van der Waals surface area contributed by atoms with Crippen molar-refractivity contribution >= 4 is 18.0 Å². The molecule has 1 aliphatic rings. The van der Waals surface area contributed by atoms with E-state index in [1.165, 1.54) is 13.3 Å². The Kier molecular flexibility index (Phi) is 3.80. The molecule has 0 aliphatic carbocycles. The zero-order chi connectivity index (χ0) is 16.4. The molecule has 1 aliphatic heterocycles. The summed E-state index contributed by atoms with van der Waals surface area (Å²) in [5, 5.41) is 4.88. The maximum Gasteiger partial charge on any atom is 0.282 e. The summed E-state index contributed by atoms with van der Waals surface area (Å²) in [6.45, 7) is 0. The smallest absolute Gasteiger partial charge is 0.282 e. The van der Waals surface area contributed by atoms with Crippen LogP contribution in [0.5, 0.6) is 11.5 Å². The van der Waals surface area contributed by atoms with Crippen molar-refractivity contribution in [3.63, 3.8) is 0 Å². The highest BCUT2D eigenvalue weighted by Gasteiger charge is 2.35. The van der Waals surface area contributed by atoms with Gasteiger partial charge >= 0.3 is 0 Å². The number of methoxy groups -OCH3 is 2. The number of ether oxygens (including phenoxy) is 2. The maximum absolute atomic E-state index is 12.2. The molecule has 6 heteroatoms. The van der Waals surface area contributed by atoms with Crippen molar-refractivity contribution in [1.29, 1.82) is 0 Å². The van der Waals surface area contributed by atoms with Crippen LogP contribution in [0.4, 0.5) is 0 Å². The summed E-state index contributed by atoms with van der Waals surface area (Å²) < 4.78 is 10.4. The third kappa shape index (κ3) is 2.55. The molecule has 2 aromatic carbocycles. The van der Waals surface area contributed by atoms with Gasteiger partial charge in [0.05, 0.1) is 31.6 Å². The van der Waals surface area contributed by atoms with E-state index in [1.807, 2.05) is 0 Å². The van der Waals surface area contributed by atoms with Gasteiger partial charge in [-0.1, -0.05) is 12.1 Å². The molecule has 0 fully saturated rings. The fraction of sp³-hybridized carbons (Fsp3) is 0.118. The second-order valence-electron chi connectivity index (χ2n) is 4.83. The molecule has 2 aromatic rings. The minimum atomic E-state index is -0.428. The number of hydrogen-bond acceptors (Lipinski definition) is 5. The quantitative estimate of drug-likeness (QED) is 0.642. The summed E-state index contributed by atoms with van der Waals surface area (Å²) >= 11 is 0. The number of hydrogen-bond donors (Lipinski definition) is 0. The van der Waals surface area contributed by atoms with Crippen LogP contribution in [0.1, 0.15) is 26.3 Å². The Morgan fingerprint density at radius 3 is 2.09 bits per heavy atom. The number of benzene rings is 2. The van der Waals surface area contributed by atoms with Crippen molar-refractivity contribution in [2.24, 2.45) is 5.10 Å². The van der Waals surface area contributed by atoms with E-state index in [0.717, 1.165) is 5.01 Å². The summed E-state index contributed by atoms with van der Waals surface area (Å²) in [7, 11) is 3.08. The first-order chi connectivity index (χ1) is 11.2. The van der Waals surface area contributed by atoms with Crippen molar-refractivity contribution in [3.05, 3.63) is 59.2 Å². The standard InChI is InChI=1S/C17H14N2O4/c1-22-14-8-7-11(9-15(14)23-2)10-18-19-16(20)12-5-3-4-6-13(12)17(19)21/h3-10H,1-2H3/b18-10+. The Morgan fingerprint density at radius 1 is 0.913 bits per heavy atom. The molecule has 0 saturated heterocycles. The number of fused-ring (bicyclic) bond motifs is 1. The molecular weight excluding hydrogens is 296 g/mol. The molecule has 0 spiro atoms. The first-order valence-electron chi connectivity index (χ1n) is 6.89. The van der Waals surface area contributed by atoms with E-state index >= 15 is 0 Å². The van der Waals surface area contributed by atoms with Crippen LogP contribution in [0.2, 0.25) is 0 Å². The number of nitrogens with zero attached hydrogens (tertiary/aromatic N) is 2. The third-order valence-electron chi connectivity index (χ3n) is 3.50. The van der Waals surface area contributed by atoms with Gasteiger partial charge in [-0.15, -0.1) is 0 Å². The molecule has 1 heterocycles. The lowest BCUT2D eigenvalue weighted by Gasteiger charge is -2.08. The molecule has 0 aromatic heterocycles. The van der Waals surface area contributed by atoms with Crippen LogP contribution in [0.25, 0.3) is 0 Å². The van der Waals surface area contributed by atoms with Crippen LogP contribution in [0, 0.1) is 0 Å². The van der Waals surface area contributed by atoms with Crippen molar-refractivity contribution in [1.82, 2.24) is 5.01 Å². The molecule has 0 atom stereocenters. The van der Waals surface area contributed by atoms with Crippen LogP contribution < -0.4 is 9.47 Å². The van der Waals surface area contributed by atoms with Gasteiger partial charge in [-0.2, -0.15) is 10.1 Å². The van der Waals surface area contributed by atoms with E-state index in [-0.39, 0.29) is 0 Å². The van der Waals surface area contributed by atoms with Crippen LogP contribution in [-0.4, -0.2) is 37.3 Å². The number of imide groups is 1. The maximum atomic E-state index is 12.2. The summed E-state index contributed by atoms with van der Waals surface area (Å²) in [6, 6.07) is 11.8. The van der Waals surface area contributed by atoms with Crippen molar-refractivity contribution < 1.29 is 19.1 Å². The Hall–Kier alpha value is -3.15. The van der Waals surface area contributed by atoms with E-state index in [9.17, 15) is 9.59 Å². The molecule has 0 bridgehead atoms. The van der Waals surface area contributed by atoms with Gasteiger partial charge in [0.25, 0.3) is 11.8 Å². The number of carbonyl (C=O) groups excluding carboxylic acids is 2. The molecule has 0 N–H and O–H groups in total. The Labute approximate surface area is 132 Å². The number of amides is 2. The molecule has 0 unspecified atom stereocenters. The SMILES string of the molecule is COc1ccc(/C=N/N2C(=O)c3ccccc3C2=O)cc1OC. The van der Waals surface area contributed by atoms with Crippen molar-refractivity contribution in [3.8, 4) is 11.5 Å². The van der Waals surface area contributed by atoms with Gasteiger partial charge in [0.1, 0.15) is 0 Å². The Bertz CT molecular complexity index is 779. The normalized spacial score (nSPS) is 13.6. The van der Waals surface area contributed by atoms with Crippen LogP contribution in [-0.2, 0) is 0 Å². The van der Waals surface area contributed by atoms with Crippen molar-refractivity contribution in [2.75, 3.05) is 14.2 Å². The molecular formula is C17H14N2O4. The molecule has 6 nitrogen and oxygen atoms in total. The van der Waals surface area contributed by atoms with E-state index in [0.29, 0.717) is 28.2 Å². The number of hydrazone groups is 1. The van der Waals surface area contributed by atoms with Crippen molar-refractivity contribution in [2.45, 2.75) is 0 Å². The van der Waals surface area contributed by atoms with Gasteiger partial charge in [0.2, 0.25) is 0 Å². The summed E-state index contributed by atoms with van der Waals surface area (Å²) in [4.78, 5) is 24.4. The van der Waals surface area contributed by atoms with Gasteiger partial charge in [-0.05, 0) is 35.9 Å². The van der Waals surface area contributed by atoms with Crippen LogP contribution in [0.15, 0.2) is 47.6 Å². The summed E-state index contributed by atoms with van der Waals surface area (Å²) in [5.74, 6) is 0.272. The predicted octanol–water partition coefficient (Wildman–Crippen LogP) is 2.33. The van der Waals surface area contributed by atoms with Gasteiger partial charge in [0.15, 0.2) is 11.5 Å². The molecule has 2 amide bonds. The molecule has 116 valence electrons. The average molecular weight is 310 g/mol. The Morgan fingerprint density at radius 2 is 1.52 bits per heavy atom. The van der Waals surface area contributed by atoms with Crippen LogP contribution in [0.3, 0.4) is 0 Å². The van der Waals surface area contributed by atoms with Crippen LogP contribution >= 0.6 is 0 Å². The topological polar surface area (TPSA) is 68.2 Å². The lowest BCUT2D eigenvalue weighted by Crippen LogP contribution is -2.23. The summed E-state index contributed by atoms with van der Waals surface area (Å²) in [5.41, 5.74) is 1.41. The highest BCUT2D eigenvalue weighted by Crippen LogP contribution is 2.27. The fourth-order valence-electron chi connectivity index (χ4n) is 2.34. The highest BCUT2D eigenvalue weighted by atomic mass is 16.5. The van der Waals surface area contributed by atoms with E-state index in [4.69, 9.17) is 9.47 Å². The molecule has 0 saturated carbocycles. The van der Waals surface area contributed by atoms with Gasteiger partial charge in [-0.25, -0.2) is 0 Å². The first-order valence-corrected chi connectivity index (χ1v) is 6.89. The molecule has 0 radical (unpaired) electrons. The minimum absolute atomic E-state index is 0.363. The minimum Gasteiger partial charge on any atom is -0.493 e. The van der Waals surface area contributed by atoms with E-state index in [1.54, 1.807) is 49.6 Å². The number of rotatable bonds is 4. The zero-order valence-electron chi connectivity index (χ0n) is 12.6. The van der Waals surface area contributed by atoms with E-state index in [2.05, 4.69) is 5.10 Å². The van der Waals surface area contributed by atoms with Gasteiger partial charge in [-0.3, -0.25) is 9.59 Å². The fourth-order valence-corrected chi connectivity index (χ4v) is 2.34. The second-order valence-corrected chi connectivity index (χ2v) is 4.83. The largest absolute Gasteiger partial charge is 0.493 e. The average Bonchev–Trinajstić information content (AvgIpc) is 2.84. The first kappa shape index (κ1) is 14.8. The van der Waals surface area contributed by atoms with Gasteiger partial charge < -0.3 is 9.47 Å². The Balaban J connectivity index is 1.87. The summed E-state index contributed by atoms with van der Waals surface area (Å²) in [6.07, 6.45) is 1.43. The second kappa shape index (κ2) is 5.92. The van der Waals surface area contributed by atoms with E-state index < -0.39 is 11.8 Å². The zero-order valence-corrected chi connectivity index (χ0v) is 12.6. The lowest BCUT2D eigenvalue weighted by atomic mass is 10.1. The molecule has 3 rings (SSSR count).